The quantitative estimate of drug-likeness (QED) is 0.777. The molecule has 2 aliphatic heterocycles. The van der Waals surface area contributed by atoms with Gasteiger partial charge in [-0.1, -0.05) is 32.9 Å². The summed E-state index contributed by atoms with van der Waals surface area (Å²) in [5.74, 6) is -0.0990. The third-order valence-electron chi connectivity index (χ3n) is 5.20. The van der Waals surface area contributed by atoms with E-state index in [2.05, 4.69) is 20.8 Å². The van der Waals surface area contributed by atoms with Crippen LogP contribution in [-0.4, -0.2) is 46.7 Å². The maximum absolute atomic E-state index is 12.7. The number of carbonyl (C=O) groups excluding carboxylic acids is 3. The van der Waals surface area contributed by atoms with Crippen molar-refractivity contribution in [3.63, 3.8) is 0 Å². The molecular weight excluding hydrogens is 316 g/mol. The van der Waals surface area contributed by atoms with Crippen LogP contribution in [0.2, 0.25) is 0 Å². The average Bonchev–Trinajstić information content (AvgIpc) is 2.92. The van der Waals surface area contributed by atoms with Gasteiger partial charge in [0.15, 0.2) is 0 Å². The molecule has 0 unspecified atom stereocenters. The molecule has 2 saturated heterocycles. The Morgan fingerprint density at radius 2 is 1.48 bits per heavy atom. The SMILES string of the molecule is CC(C)(C)c1ccc(C(=O)N2CCC(N3C(=O)CCC3=O)CC2)cc1. The second kappa shape index (κ2) is 6.62. The number of benzene rings is 1. The highest BCUT2D eigenvalue weighted by atomic mass is 16.2. The van der Waals surface area contributed by atoms with Crippen LogP contribution < -0.4 is 0 Å². The number of likely N-dealkylation sites (tertiary alicyclic amines) is 2. The van der Waals surface area contributed by atoms with E-state index < -0.39 is 0 Å². The Kier molecular flexibility index (Phi) is 4.67. The van der Waals surface area contributed by atoms with Crippen molar-refractivity contribution in [3.05, 3.63) is 35.4 Å². The smallest absolute Gasteiger partial charge is 0.253 e. The summed E-state index contributed by atoms with van der Waals surface area (Å²) in [6.07, 6.45) is 2.00. The van der Waals surface area contributed by atoms with E-state index in [4.69, 9.17) is 0 Å². The minimum Gasteiger partial charge on any atom is -0.338 e. The van der Waals surface area contributed by atoms with E-state index in [-0.39, 0.29) is 29.2 Å². The monoisotopic (exact) mass is 342 g/mol. The molecule has 0 N–H and O–H groups in total. The molecule has 3 rings (SSSR count). The number of hydrogen-bond donors (Lipinski definition) is 0. The van der Waals surface area contributed by atoms with Crippen LogP contribution >= 0.6 is 0 Å². The van der Waals surface area contributed by atoms with Crippen LogP contribution in [0.15, 0.2) is 24.3 Å². The third-order valence-corrected chi connectivity index (χ3v) is 5.20. The molecular formula is C20H26N2O3. The van der Waals surface area contributed by atoms with Crippen molar-refractivity contribution in [2.45, 2.75) is 57.9 Å². The summed E-state index contributed by atoms with van der Waals surface area (Å²) in [4.78, 5) is 39.7. The van der Waals surface area contributed by atoms with Crippen LogP contribution in [0.3, 0.4) is 0 Å². The van der Waals surface area contributed by atoms with Crippen LogP contribution in [0.5, 0.6) is 0 Å². The van der Waals surface area contributed by atoms with E-state index in [9.17, 15) is 14.4 Å². The minimum atomic E-state index is -0.0625. The Hall–Kier alpha value is -2.17. The van der Waals surface area contributed by atoms with Gasteiger partial charge in [0.25, 0.3) is 5.91 Å². The molecule has 0 bridgehead atoms. The maximum atomic E-state index is 12.7. The van der Waals surface area contributed by atoms with Gasteiger partial charge in [0, 0.05) is 37.5 Å². The first-order chi connectivity index (χ1) is 11.8. The van der Waals surface area contributed by atoms with Gasteiger partial charge in [-0.3, -0.25) is 19.3 Å². The fourth-order valence-corrected chi connectivity index (χ4v) is 3.62. The van der Waals surface area contributed by atoms with Crippen molar-refractivity contribution in [1.29, 1.82) is 0 Å². The Bertz CT molecular complexity index is 664. The Labute approximate surface area is 149 Å². The molecule has 0 spiro atoms. The van der Waals surface area contributed by atoms with Crippen molar-refractivity contribution in [3.8, 4) is 0 Å². The zero-order chi connectivity index (χ0) is 18.2. The lowest BCUT2D eigenvalue weighted by Gasteiger charge is -2.35. The van der Waals surface area contributed by atoms with Gasteiger partial charge in [0.1, 0.15) is 0 Å². The number of amides is 3. The van der Waals surface area contributed by atoms with Crippen LogP contribution in [0.25, 0.3) is 0 Å². The summed E-state index contributed by atoms with van der Waals surface area (Å²) in [6, 6.07) is 7.77. The van der Waals surface area contributed by atoms with Crippen molar-refractivity contribution in [2.24, 2.45) is 0 Å². The average molecular weight is 342 g/mol. The zero-order valence-corrected chi connectivity index (χ0v) is 15.2. The molecule has 5 nitrogen and oxygen atoms in total. The molecule has 2 fully saturated rings. The van der Waals surface area contributed by atoms with E-state index in [1.165, 1.54) is 10.5 Å². The summed E-state index contributed by atoms with van der Waals surface area (Å²) in [5, 5.41) is 0. The number of nitrogens with zero attached hydrogens (tertiary/aromatic N) is 2. The summed E-state index contributed by atoms with van der Waals surface area (Å²) >= 11 is 0. The molecule has 2 aliphatic rings. The van der Waals surface area contributed by atoms with Crippen LogP contribution in [0.4, 0.5) is 0 Å². The maximum Gasteiger partial charge on any atom is 0.253 e. The highest BCUT2D eigenvalue weighted by molar-refractivity contribution is 6.02. The summed E-state index contributed by atoms with van der Waals surface area (Å²) in [7, 11) is 0. The molecule has 134 valence electrons. The molecule has 2 heterocycles. The molecule has 3 amide bonds. The predicted molar refractivity (Wildman–Crippen MR) is 95.2 cm³/mol. The number of imide groups is 1. The highest BCUT2D eigenvalue weighted by Crippen LogP contribution is 2.25. The van der Waals surface area contributed by atoms with Gasteiger partial charge in [-0.05, 0) is 36.0 Å². The van der Waals surface area contributed by atoms with Gasteiger partial charge in [0.2, 0.25) is 11.8 Å². The first-order valence-corrected chi connectivity index (χ1v) is 9.02. The number of rotatable bonds is 2. The van der Waals surface area contributed by atoms with Gasteiger partial charge in [-0.25, -0.2) is 0 Å². The fraction of sp³-hybridized carbons (Fsp3) is 0.550. The van der Waals surface area contributed by atoms with E-state index in [0.29, 0.717) is 44.3 Å². The number of carbonyl (C=O) groups is 3. The third kappa shape index (κ3) is 3.60. The first kappa shape index (κ1) is 17.6. The minimum absolute atomic E-state index is 0.0259. The Balaban J connectivity index is 1.62. The lowest BCUT2D eigenvalue weighted by Crippen LogP contribution is -2.48. The first-order valence-electron chi connectivity index (χ1n) is 9.02. The fourth-order valence-electron chi connectivity index (χ4n) is 3.62. The van der Waals surface area contributed by atoms with Crippen molar-refractivity contribution in [1.82, 2.24) is 9.80 Å². The van der Waals surface area contributed by atoms with Crippen molar-refractivity contribution >= 4 is 17.7 Å². The molecule has 5 heteroatoms. The zero-order valence-electron chi connectivity index (χ0n) is 15.2. The number of hydrogen-bond acceptors (Lipinski definition) is 3. The molecule has 1 aromatic carbocycles. The lowest BCUT2D eigenvalue weighted by atomic mass is 9.86. The van der Waals surface area contributed by atoms with Crippen LogP contribution in [0, 0.1) is 0 Å². The number of piperidine rings is 1. The second-order valence-corrected chi connectivity index (χ2v) is 8.01. The van der Waals surface area contributed by atoms with E-state index in [1.807, 2.05) is 29.2 Å². The highest BCUT2D eigenvalue weighted by Gasteiger charge is 2.37. The summed E-state index contributed by atoms with van der Waals surface area (Å²) in [6.45, 7) is 7.61. The molecule has 0 aromatic heterocycles. The molecule has 0 atom stereocenters. The summed E-state index contributed by atoms with van der Waals surface area (Å²) in [5.41, 5.74) is 1.96. The molecule has 1 aromatic rings. The van der Waals surface area contributed by atoms with Gasteiger partial charge in [-0.15, -0.1) is 0 Å². The van der Waals surface area contributed by atoms with Gasteiger partial charge >= 0.3 is 0 Å². The van der Waals surface area contributed by atoms with E-state index in [0.717, 1.165) is 0 Å². The largest absolute Gasteiger partial charge is 0.338 e. The second-order valence-electron chi connectivity index (χ2n) is 8.01. The topological polar surface area (TPSA) is 57.7 Å². The van der Waals surface area contributed by atoms with Gasteiger partial charge < -0.3 is 4.90 Å². The van der Waals surface area contributed by atoms with E-state index in [1.54, 1.807) is 0 Å². The van der Waals surface area contributed by atoms with Gasteiger partial charge in [-0.2, -0.15) is 0 Å². The van der Waals surface area contributed by atoms with Crippen LogP contribution in [0.1, 0.15) is 62.4 Å². The Morgan fingerprint density at radius 3 is 1.96 bits per heavy atom. The molecule has 0 saturated carbocycles. The lowest BCUT2D eigenvalue weighted by molar-refractivity contribution is -0.141. The predicted octanol–water partition coefficient (Wildman–Crippen LogP) is 2.74. The van der Waals surface area contributed by atoms with Crippen LogP contribution in [-0.2, 0) is 15.0 Å². The molecule has 0 aliphatic carbocycles. The van der Waals surface area contributed by atoms with E-state index >= 15 is 0 Å². The Morgan fingerprint density at radius 1 is 0.960 bits per heavy atom. The normalized spacial score (nSPS) is 19.6. The molecule has 25 heavy (non-hydrogen) atoms. The van der Waals surface area contributed by atoms with Gasteiger partial charge in [0.05, 0.1) is 0 Å². The standard InChI is InChI=1S/C20H26N2O3/c1-20(2,3)15-6-4-14(5-7-15)19(25)21-12-10-16(11-13-21)22-17(23)8-9-18(22)24/h4-7,16H,8-13H2,1-3H3. The molecule has 0 radical (unpaired) electrons. The van der Waals surface area contributed by atoms with Crippen molar-refractivity contribution in [2.75, 3.05) is 13.1 Å². The summed E-state index contributed by atoms with van der Waals surface area (Å²) < 4.78 is 0. The van der Waals surface area contributed by atoms with Crippen molar-refractivity contribution < 1.29 is 14.4 Å².